The van der Waals surface area contributed by atoms with Gasteiger partial charge in [-0.25, -0.2) is 13.1 Å². The van der Waals surface area contributed by atoms with Crippen molar-refractivity contribution in [2.24, 2.45) is 11.3 Å². The number of hydrogen-bond donors (Lipinski definition) is 2. The third-order valence-electron chi connectivity index (χ3n) is 4.04. The fraction of sp³-hybridized carbons (Fsp3) is 0.625. The molecule has 1 atom stereocenters. The van der Waals surface area contributed by atoms with E-state index in [-0.39, 0.29) is 22.8 Å². The molecule has 2 N–H and O–H groups in total. The van der Waals surface area contributed by atoms with Crippen LogP contribution in [0.1, 0.15) is 45.7 Å². The van der Waals surface area contributed by atoms with Crippen molar-refractivity contribution < 1.29 is 13.5 Å². The number of aliphatic hydroxyl groups is 1. The maximum atomic E-state index is 12.5. The van der Waals surface area contributed by atoms with E-state index in [2.05, 4.69) is 25.5 Å². The Morgan fingerprint density at radius 1 is 1.29 bits per heavy atom. The van der Waals surface area contributed by atoms with Gasteiger partial charge in [0.2, 0.25) is 10.0 Å². The molecule has 0 aliphatic heterocycles. The van der Waals surface area contributed by atoms with Crippen molar-refractivity contribution in [1.82, 2.24) is 4.72 Å². The second-order valence-corrected chi connectivity index (χ2v) is 8.31. The van der Waals surface area contributed by atoms with Crippen LogP contribution in [0.4, 0.5) is 0 Å². The zero-order valence-corrected chi connectivity index (χ0v) is 14.4. The van der Waals surface area contributed by atoms with E-state index < -0.39 is 10.0 Å². The number of benzene rings is 1. The predicted octanol–water partition coefficient (Wildman–Crippen LogP) is 2.70. The van der Waals surface area contributed by atoms with Gasteiger partial charge in [0.15, 0.2) is 0 Å². The Morgan fingerprint density at radius 2 is 1.90 bits per heavy atom. The second kappa shape index (κ2) is 6.90. The predicted molar refractivity (Wildman–Crippen MR) is 85.6 cm³/mol. The summed E-state index contributed by atoms with van der Waals surface area (Å²) in [7, 11) is -3.55. The normalized spacial score (nSPS) is 14.2. The molecule has 1 unspecified atom stereocenters. The highest BCUT2D eigenvalue weighted by Crippen LogP contribution is 2.25. The van der Waals surface area contributed by atoms with Crippen LogP contribution in [0.25, 0.3) is 0 Å². The highest BCUT2D eigenvalue weighted by molar-refractivity contribution is 7.89. The molecule has 0 heterocycles. The molecule has 0 radical (unpaired) electrons. The van der Waals surface area contributed by atoms with Crippen LogP contribution in [0.2, 0.25) is 0 Å². The first-order chi connectivity index (χ1) is 9.61. The summed E-state index contributed by atoms with van der Waals surface area (Å²) in [4.78, 5) is 0.276. The van der Waals surface area contributed by atoms with Crippen molar-refractivity contribution in [1.29, 1.82) is 0 Å². The van der Waals surface area contributed by atoms with Gasteiger partial charge in [-0.15, -0.1) is 0 Å². The molecular weight excluding hydrogens is 286 g/mol. The fourth-order valence-electron chi connectivity index (χ4n) is 1.86. The second-order valence-electron chi connectivity index (χ2n) is 6.57. The van der Waals surface area contributed by atoms with Crippen LogP contribution in [0.15, 0.2) is 23.1 Å². The standard InChI is InChI=1S/C16H27NO3S/c1-6-14-8-7-13(11-18)9-15(14)21(19,20)17-10-12(2)16(3,4)5/h7-9,12,17-18H,6,10-11H2,1-5H3. The van der Waals surface area contributed by atoms with Gasteiger partial charge in [-0.2, -0.15) is 0 Å². The van der Waals surface area contributed by atoms with Crippen molar-refractivity contribution in [2.45, 2.75) is 52.5 Å². The Kier molecular flexibility index (Phi) is 5.96. The Bertz CT molecular complexity index is 574. The van der Waals surface area contributed by atoms with Crippen molar-refractivity contribution in [3.8, 4) is 0 Å². The minimum absolute atomic E-state index is 0.0447. The largest absolute Gasteiger partial charge is 0.392 e. The zero-order valence-electron chi connectivity index (χ0n) is 13.6. The SMILES string of the molecule is CCc1ccc(CO)cc1S(=O)(=O)NCC(C)C(C)(C)C. The van der Waals surface area contributed by atoms with Crippen LogP contribution in [0, 0.1) is 11.3 Å². The molecule has 0 bridgehead atoms. The highest BCUT2D eigenvalue weighted by atomic mass is 32.2. The Hall–Kier alpha value is -0.910. The minimum atomic E-state index is -3.55. The van der Waals surface area contributed by atoms with E-state index in [1.54, 1.807) is 18.2 Å². The third kappa shape index (κ3) is 4.80. The number of aryl methyl sites for hydroxylation is 1. The summed E-state index contributed by atoms with van der Waals surface area (Å²) in [6.07, 6.45) is 0.636. The molecule has 0 saturated heterocycles. The summed E-state index contributed by atoms with van der Waals surface area (Å²) >= 11 is 0. The van der Waals surface area contributed by atoms with E-state index in [0.29, 0.717) is 18.5 Å². The third-order valence-corrected chi connectivity index (χ3v) is 5.55. The number of aliphatic hydroxyl groups excluding tert-OH is 1. The quantitative estimate of drug-likeness (QED) is 0.848. The first-order valence-electron chi connectivity index (χ1n) is 7.34. The summed E-state index contributed by atoms with van der Waals surface area (Å²) < 4.78 is 27.7. The van der Waals surface area contributed by atoms with E-state index >= 15 is 0 Å². The van der Waals surface area contributed by atoms with Crippen molar-refractivity contribution in [2.75, 3.05) is 6.54 Å². The van der Waals surface area contributed by atoms with Gasteiger partial charge in [0, 0.05) is 6.54 Å². The van der Waals surface area contributed by atoms with Crippen LogP contribution in [0.3, 0.4) is 0 Å². The topological polar surface area (TPSA) is 66.4 Å². The molecule has 0 aromatic heterocycles. The molecule has 1 aromatic rings. The van der Waals surface area contributed by atoms with E-state index in [4.69, 9.17) is 0 Å². The van der Waals surface area contributed by atoms with Crippen LogP contribution >= 0.6 is 0 Å². The molecular formula is C16H27NO3S. The molecule has 0 fully saturated rings. The lowest BCUT2D eigenvalue weighted by Gasteiger charge is -2.27. The van der Waals surface area contributed by atoms with Gasteiger partial charge in [0.25, 0.3) is 0 Å². The van der Waals surface area contributed by atoms with Gasteiger partial charge in [-0.05, 0) is 34.9 Å². The lowest BCUT2D eigenvalue weighted by Crippen LogP contribution is -2.34. The number of sulfonamides is 1. The fourth-order valence-corrected chi connectivity index (χ4v) is 3.35. The molecule has 0 saturated carbocycles. The summed E-state index contributed by atoms with van der Waals surface area (Å²) in [6, 6.07) is 5.09. The first kappa shape index (κ1) is 18.1. The maximum Gasteiger partial charge on any atom is 0.240 e. The average Bonchev–Trinajstić information content (AvgIpc) is 2.42. The van der Waals surface area contributed by atoms with Gasteiger partial charge >= 0.3 is 0 Å². The maximum absolute atomic E-state index is 12.5. The number of nitrogens with one attached hydrogen (secondary N) is 1. The van der Waals surface area contributed by atoms with Gasteiger partial charge < -0.3 is 5.11 Å². The Labute approximate surface area is 128 Å². The average molecular weight is 313 g/mol. The molecule has 0 aliphatic carbocycles. The highest BCUT2D eigenvalue weighted by Gasteiger charge is 2.24. The van der Waals surface area contributed by atoms with Gasteiger partial charge in [-0.1, -0.05) is 46.8 Å². The van der Waals surface area contributed by atoms with Gasteiger partial charge in [-0.3, -0.25) is 0 Å². The molecule has 0 aliphatic rings. The molecule has 21 heavy (non-hydrogen) atoms. The molecule has 0 spiro atoms. The van der Waals surface area contributed by atoms with Gasteiger partial charge in [0.05, 0.1) is 11.5 Å². The smallest absolute Gasteiger partial charge is 0.240 e. The van der Waals surface area contributed by atoms with E-state index in [9.17, 15) is 13.5 Å². The Balaban J connectivity index is 3.02. The lowest BCUT2D eigenvalue weighted by atomic mass is 9.82. The summed E-state index contributed by atoms with van der Waals surface area (Å²) in [6.45, 7) is 10.5. The van der Waals surface area contributed by atoms with Crippen LogP contribution in [-0.4, -0.2) is 20.1 Å². The van der Waals surface area contributed by atoms with E-state index in [1.165, 1.54) is 0 Å². The first-order valence-corrected chi connectivity index (χ1v) is 8.82. The molecule has 5 heteroatoms. The van der Waals surface area contributed by atoms with E-state index in [1.807, 2.05) is 13.8 Å². The summed E-state index contributed by atoms with van der Waals surface area (Å²) in [5, 5.41) is 9.20. The molecule has 4 nitrogen and oxygen atoms in total. The molecule has 0 amide bonds. The summed E-state index contributed by atoms with van der Waals surface area (Å²) in [5.41, 5.74) is 1.42. The van der Waals surface area contributed by atoms with Crippen LogP contribution in [-0.2, 0) is 23.1 Å². The number of rotatable bonds is 6. The number of hydrogen-bond acceptors (Lipinski definition) is 3. The van der Waals surface area contributed by atoms with Crippen molar-refractivity contribution in [3.63, 3.8) is 0 Å². The zero-order chi connectivity index (χ0) is 16.3. The van der Waals surface area contributed by atoms with Crippen LogP contribution < -0.4 is 4.72 Å². The van der Waals surface area contributed by atoms with Crippen LogP contribution in [0.5, 0.6) is 0 Å². The molecule has 1 aromatic carbocycles. The minimum Gasteiger partial charge on any atom is -0.392 e. The summed E-state index contributed by atoms with van der Waals surface area (Å²) in [5.74, 6) is 0.221. The molecule has 120 valence electrons. The Morgan fingerprint density at radius 3 is 2.38 bits per heavy atom. The van der Waals surface area contributed by atoms with Crippen molar-refractivity contribution >= 4 is 10.0 Å². The van der Waals surface area contributed by atoms with Crippen molar-refractivity contribution in [3.05, 3.63) is 29.3 Å². The monoisotopic (exact) mass is 313 g/mol. The molecule has 1 rings (SSSR count). The van der Waals surface area contributed by atoms with Gasteiger partial charge in [0.1, 0.15) is 0 Å². The lowest BCUT2D eigenvalue weighted by molar-refractivity contribution is 0.263. The van der Waals surface area contributed by atoms with E-state index in [0.717, 1.165) is 5.56 Å².